The fraction of sp³-hybridized carbons (Fsp3) is 0.333. The van der Waals surface area contributed by atoms with Crippen molar-refractivity contribution in [1.82, 2.24) is 10.3 Å². The molecule has 0 spiro atoms. The Kier molecular flexibility index (Phi) is 3.25. The van der Waals surface area contributed by atoms with E-state index in [-0.39, 0.29) is 5.91 Å². The third kappa shape index (κ3) is 2.43. The van der Waals surface area contributed by atoms with Crippen LogP contribution >= 0.6 is 0 Å². The molecule has 1 aromatic rings. The Balaban J connectivity index is 2.74. The summed E-state index contributed by atoms with van der Waals surface area (Å²) in [6, 6.07) is 3.51. The van der Waals surface area contributed by atoms with Crippen molar-refractivity contribution >= 4 is 11.6 Å². The molecule has 0 aliphatic carbocycles. The van der Waals surface area contributed by atoms with Crippen LogP contribution < -0.4 is 10.6 Å². The molecule has 0 atom stereocenters. The summed E-state index contributed by atoms with van der Waals surface area (Å²) in [5, 5.41) is 5.61. The van der Waals surface area contributed by atoms with Gasteiger partial charge in [0.2, 0.25) is 0 Å². The Morgan fingerprint density at radius 1 is 1.54 bits per heavy atom. The molecule has 1 amide bonds. The molecule has 0 bridgehead atoms. The second kappa shape index (κ2) is 4.45. The van der Waals surface area contributed by atoms with Crippen molar-refractivity contribution in [3.05, 3.63) is 24.0 Å². The largest absolute Gasteiger partial charge is 0.387 e. The third-order valence-electron chi connectivity index (χ3n) is 1.62. The molecule has 2 N–H and O–H groups in total. The minimum atomic E-state index is -0.134. The van der Waals surface area contributed by atoms with Crippen LogP contribution in [0.25, 0.3) is 0 Å². The number of aromatic nitrogens is 1. The van der Waals surface area contributed by atoms with Gasteiger partial charge in [0, 0.05) is 13.6 Å². The molecule has 0 unspecified atom stereocenters. The van der Waals surface area contributed by atoms with E-state index in [0.717, 1.165) is 5.69 Å². The number of rotatable bonds is 3. The average molecular weight is 179 g/mol. The first-order valence-corrected chi connectivity index (χ1v) is 4.20. The third-order valence-corrected chi connectivity index (χ3v) is 1.62. The molecule has 0 aliphatic rings. The molecule has 1 aromatic heterocycles. The van der Waals surface area contributed by atoms with E-state index in [4.69, 9.17) is 0 Å². The van der Waals surface area contributed by atoms with Crippen LogP contribution in [0.3, 0.4) is 0 Å². The number of nitrogens with zero attached hydrogens (tertiary/aromatic N) is 1. The maximum Gasteiger partial charge on any atom is 0.269 e. The number of amides is 1. The van der Waals surface area contributed by atoms with E-state index in [1.54, 1.807) is 12.3 Å². The second-order valence-corrected chi connectivity index (χ2v) is 2.54. The van der Waals surface area contributed by atoms with Gasteiger partial charge in [-0.2, -0.15) is 0 Å². The Bertz CT molecular complexity index is 281. The summed E-state index contributed by atoms with van der Waals surface area (Å²) in [5.41, 5.74) is 1.34. The zero-order valence-electron chi connectivity index (χ0n) is 7.79. The van der Waals surface area contributed by atoms with Crippen LogP contribution in [0.15, 0.2) is 18.3 Å². The molecule has 0 saturated heterocycles. The van der Waals surface area contributed by atoms with Crippen molar-refractivity contribution in [3.63, 3.8) is 0 Å². The standard InChI is InChI=1S/C9H13N3O/c1-3-11-9(13)8-5-4-7(10-2)6-12-8/h4-6,10H,3H2,1-2H3,(H,11,13). The molecular weight excluding hydrogens is 166 g/mol. The predicted octanol–water partition coefficient (Wildman–Crippen LogP) is 0.873. The second-order valence-electron chi connectivity index (χ2n) is 2.54. The average Bonchev–Trinajstić information content (AvgIpc) is 2.18. The Labute approximate surface area is 77.4 Å². The van der Waals surface area contributed by atoms with Crippen LogP contribution in [0.2, 0.25) is 0 Å². The minimum Gasteiger partial charge on any atom is -0.387 e. The highest BCUT2D eigenvalue weighted by atomic mass is 16.1. The molecule has 0 aromatic carbocycles. The lowest BCUT2D eigenvalue weighted by Gasteiger charge is -2.02. The predicted molar refractivity (Wildman–Crippen MR) is 51.8 cm³/mol. The summed E-state index contributed by atoms with van der Waals surface area (Å²) in [6.45, 7) is 2.49. The van der Waals surface area contributed by atoms with Gasteiger partial charge in [0.05, 0.1) is 11.9 Å². The SMILES string of the molecule is CCNC(=O)c1ccc(NC)cn1. The number of pyridine rings is 1. The maximum absolute atomic E-state index is 11.3. The summed E-state index contributed by atoms with van der Waals surface area (Å²) in [7, 11) is 1.81. The highest BCUT2D eigenvalue weighted by Gasteiger charge is 2.03. The van der Waals surface area contributed by atoms with Gasteiger partial charge in [-0.05, 0) is 19.1 Å². The molecule has 1 heterocycles. The number of anilines is 1. The quantitative estimate of drug-likeness (QED) is 0.724. The summed E-state index contributed by atoms with van der Waals surface area (Å²) in [5.74, 6) is -0.134. The first kappa shape index (κ1) is 9.51. The van der Waals surface area contributed by atoms with E-state index in [9.17, 15) is 4.79 Å². The highest BCUT2D eigenvalue weighted by molar-refractivity contribution is 5.92. The normalized spacial score (nSPS) is 9.38. The van der Waals surface area contributed by atoms with Gasteiger partial charge < -0.3 is 10.6 Å². The van der Waals surface area contributed by atoms with Crippen molar-refractivity contribution in [3.8, 4) is 0 Å². The van der Waals surface area contributed by atoms with Crippen LogP contribution in [0.1, 0.15) is 17.4 Å². The van der Waals surface area contributed by atoms with Gasteiger partial charge in [0.1, 0.15) is 5.69 Å². The van der Waals surface area contributed by atoms with Gasteiger partial charge in [0.15, 0.2) is 0 Å². The fourth-order valence-electron chi connectivity index (χ4n) is 0.927. The molecule has 4 heteroatoms. The topological polar surface area (TPSA) is 54.0 Å². The zero-order valence-corrected chi connectivity index (χ0v) is 7.79. The number of carbonyl (C=O) groups is 1. The van der Waals surface area contributed by atoms with E-state index in [1.165, 1.54) is 0 Å². The number of nitrogens with one attached hydrogen (secondary N) is 2. The van der Waals surface area contributed by atoms with Crippen LogP contribution in [-0.4, -0.2) is 24.5 Å². The Morgan fingerprint density at radius 2 is 2.31 bits per heavy atom. The van der Waals surface area contributed by atoms with Crippen molar-refractivity contribution in [2.75, 3.05) is 18.9 Å². The van der Waals surface area contributed by atoms with Gasteiger partial charge >= 0.3 is 0 Å². The molecule has 13 heavy (non-hydrogen) atoms. The van der Waals surface area contributed by atoms with E-state index >= 15 is 0 Å². The zero-order chi connectivity index (χ0) is 9.68. The highest BCUT2D eigenvalue weighted by Crippen LogP contribution is 2.04. The lowest BCUT2D eigenvalue weighted by Crippen LogP contribution is -2.23. The minimum absolute atomic E-state index is 0.134. The van der Waals surface area contributed by atoms with Crippen LogP contribution in [-0.2, 0) is 0 Å². The monoisotopic (exact) mass is 179 g/mol. The molecule has 70 valence electrons. The van der Waals surface area contributed by atoms with Gasteiger partial charge in [-0.25, -0.2) is 4.98 Å². The molecule has 0 saturated carbocycles. The summed E-state index contributed by atoms with van der Waals surface area (Å²) < 4.78 is 0. The smallest absolute Gasteiger partial charge is 0.269 e. The summed E-state index contributed by atoms with van der Waals surface area (Å²) in [4.78, 5) is 15.2. The molecule has 1 rings (SSSR count). The Hall–Kier alpha value is -1.58. The van der Waals surface area contributed by atoms with Crippen molar-refractivity contribution in [1.29, 1.82) is 0 Å². The van der Waals surface area contributed by atoms with Gasteiger partial charge in [-0.15, -0.1) is 0 Å². The van der Waals surface area contributed by atoms with Crippen LogP contribution in [0.4, 0.5) is 5.69 Å². The van der Waals surface area contributed by atoms with Crippen molar-refractivity contribution < 1.29 is 4.79 Å². The van der Waals surface area contributed by atoms with E-state index in [2.05, 4.69) is 15.6 Å². The molecule has 4 nitrogen and oxygen atoms in total. The lowest BCUT2D eigenvalue weighted by atomic mass is 10.3. The molecule has 0 radical (unpaired) electrons. The van der Waals surface area contributed by atoms with Gasteiger partial charge in [-0.1, -0.05) is 0 Å². The molecule has 0 fully saturated rings. The number of carbonyl (C=O) groups excluding carboxylic acids is 1. The van der Waals surface area contributed by atoms with E-state index in [0.29, 0.717) is 12.2 Å². The Morgan fingerprint density at radius 3 is 2.77 bits per heavy atom. The summed E-state index contributed by atoms with van der Waals surface area (Å²) >= 11 is 0. The van der Waals surface area contributed by atoms with E-state index in [1.807, 2.05) is 20.0 Å². The first-order chi connectivity index (χ1) is 6.27. The molecule has 0 aliphatic heterocycles. The summed E-state index contributed by atoms with van der Waals surface area (Å²) in [6.07, 6.45) is 1.63. The number of hydrogen-bond acceptors (Lipinski definition) is 3. The lowest BCUT2D eigenvalue weighted by molar-refractivity contribution is 0.0951. The van der Waals surface area contributed by atoms with Crippen molar-refractivity contribution in [2.45, 2.75) is 6.92 Å². The first-order valence-electron chi connectivity index (χ1n) is 4.20. The van der Waals surface area contributed by atoms with Crippen LogP contribution in [0, 0.1) is 0 Å². The van der Waals surface area contributed by atoms with Gasteiger partial charge in [0.25, 0.3) is 5.91 Å². The van der Waals surface area contributed by atoms with Crippen LogP contribution in [0.5, 0.6) is 0 Å². The molecular formula is C9H13N3O. The van der Waals surface area contributed by atoms with Gasteiger partial charge in [-0.3, -0.25) is 4.79 Å². The van der Waals surface area contributed by atoms with E-state index < -0.39 is 0 Å². The fourth-order valence-corrected chi connectivity index (χ4v) is 0.927. The van der Waals surface area contributed by atoms with Crippen molar-refractivity contribution in [2.24, 2.45) is 0 Å². The number of hydrogen-bond donors (Lipinski definition) is 2. The maximum atomic E-state index is 11.3.